The van der Waals surface area contributed by atoms with Crippen LogP contribution in [0.3, 0.4) is 0 Å². The monoisotopic (exact) mass is 201 g/mol. The zero-order chi connectivity index (χ0) is 8.81. The predicted molar refractivity (Wildman–Crippen MR) is 54.2 cm³/mol. The molecule has 1 aromatic rings. The molecule has 1 atom stereocenters. The number of aliphatic hydroxyl groups is 1. The van der Waals surface area contributed by atoms with Crippen molar-refractivity contribution in [2.24, 2.45) is 0 Å². The molecule has 0 saturated heterocycles. The van der Waals surface area contributed by atoms with Crippen molar-refractivity contribution in [3.63, 3.8) is 0 Å². The maximum absolute atomic E-state index is 8.76. The summed E-state index contributed by atoms with van der Waals surface area (Å²) in [6.45, 7) is 2.20. The minimum Gasteiger partial charge on any atom is -0.395 e. The molecule has 66 valence electrons. The Kier molecular flexibility index (Phi) is 4.50. The minimum atomic E-state index is 0.213. The van der Waals surface area contributed by atoms with Crippen LogP contribution in [0, 0.1) is 0 Å². The molecule has 12 heavy (non-hydrogen) atoms. The molecule has 1 aromatic heterocycles. The van der Waals surface area contributed by atoms with E-state index in [1.807, 2.05) is 25.1 Å². The first-order chi connectivity index (χ1) is 5.83. The Bertz CT molecular complexity index is 218. The van der Waals surface area contributed by atoms with Gasteiger partial charge in [0.05, 0.1) is 6.61 Å². The van der Waals surface area contributed by atoms with Crippen LogP contribution in [0.4, 0.5) is 0 Å². The maximum Gasteiger partial charge on any atom is 0.106 e. The van der Waals surface area contributed by atoms with E-state index in [0.29, 0.717) is 0 Å². The van der Waals surface area contributed by atoms with Gasteiger partial charge in [0, 0.05) is 11.4 Å². The van der Waals surface area contributed by atoms with Gasteiger partial charge in [-0.05, 0) is 22.9 Å². The summed E-state index contributed by atoms with van der Waals surface area (Å²) in [7, 11) is 3.23. The highest BCUT2D eigenvalue weighted by Crippen LogP contribution is 2.32. The standard InChI is InChI=1S/C8H11NOS2/c1-7(6-10)11-12-8-4-2-3-5-9-8/h2-5,7,10H,6H2,1H3/t7-/m1/s1. The van der Waals surface area contributed by atoms with E-state index >= 15 is 0 Å². The second-order valence-electron chi connectivity index (χ2n) is 2.34. The third-order valence-corrected chi connectivity index (χ3v) is 3.97. The number of hydrogen-bond donors (Lipinski definition) is 1. The lowest BCUT2D eigenvalue weighted by Crippen LogP contribution is -1.99. The van der Waals surface area contributed by atoms with Gasteiger partial charge >= 0.3 is 0 Å². The first kappa shape index (κ1) is 9.89. The van der Waals surface area contributed by atoms with E-state index in [9.17, 15) is 0 Å². The number of aliphatic hydroxyl groups excluding tert-OH is 1. The molecular formula is C8H11NOS2. The summed E-state index contributed by atoms with van der Waals surface area (Å²) in [6, 6.07) is 5.81. The van der Waals surface area contributed by atoms with Crippen LogP contribution < -0.4 is 0 Å². The molecule has 1 heterocycles. The van der Waals surface area contributed by atoms with Crippen LogP contribution in [0.2, 0.25) is 0 Å². The molecule has 1 rings (SSSR count). The van der Waals surface area contributed by atoms with E-state index < -0.39 is 0 Å². The van der Waals surface area contributed by atoms with Crippen LogP contribution in [0.25, 0.3) is 0 Å². The third-order valence-electron chi connectivity index (χ3n) is 1.19. The SMILES string of the molecule is C[C@H](CO)SSc1ccccn1. The second kappa shape index (κ2) is 5.45. The van der Waals surface area contributed by atoms with Crippen LogP contribution >= 0.6 is 21.6 Å². The molecule has 0 saturated carbocycles. The maximum atomic E-state index is 8.76. The topological polar surface area (TPSA) is 33.1 Å². The van der Waals surface area contributed by atoms with Crippen molar-refractivity contribution in [3.05, 3.63) is 24.4 Å². The molecule has 0 aliphatic carbocycles. The Hall–Kier alpha value is -0.190. The van der Waals surface area contributed by atoms with Gasteiger partial charge in [-0.3, -0.25) is 0 Å². The van der Waals surface area contributed by atoms with Gasteiger partial charge in [-0.25, -0.2) is 4.98 Å². The van der Waals surface area contributed by atoms with E-state index in [0.717, 1.165) is 5.03 Å². The van der Waals surface area contributed by atoms with Crippen LogP contribution in [-0.4, -0.2) is 21.9 Å². The smallest absolute Gasteiger partial charge is 0.106 e. The van der Waals surface area contributed by atoms with Gasteiger partial charge in [0.1, 0.15) is 5.03 Å². The number of aromatic nitrogens is 1. The Morgan fingerprint density at radius 1 is 1.58 bits per heavy atom. The molecule has 0 radical (unpaired) electrons. The zero-order valence-electron chi connectivity index (χ0n) is 6.80. The molecule has 0 fully saturated rings. The lowest BCUT2D eigenvalue weighted by Gasteiger charge is -2.04. The van der Waals surface area contributed by atoms with E-state index in [-0.39, 0.29) is 11.9 Å². The summed E-state index contributed by atoms with van der Waals surface area (Å²) in [6.07, 6.45) is 1.77. The molecule has 1 N–H and O–H groups in total. The van der Waals surface area contributed by atoms with E-state index in [2.05, 4.69) is 4.98 Å². The van der Waals surface area contributed by atoms with Gasteiger partial charge in [0.25, 0.3) is 0 Å². The minimum absolute atomic E-state index is 0.213. The molecule has 2 nitrogen and oxygen atoms in total. The highest BCUT2D eigenvalue weighted by Gasteiger charge is 2.01. The molecular weight excluding hydrogens is 190 g/mol. The van der Waals surface area contributed by atoms with E-state index in [4.69, 9.17) is 5.11 Å². The van der Waals surface area contributed by atoms with Crippen molar-refractivity contribution < 1.29 is 5.11 Å². The third kappa shape index (κ3) is 3.47. The summed E-state index contributed by atoms with van der Waals surface area (Å²) in [5, 5.41) is 10.0. The number of hydrogen-bond acceptors (Lipinski definition) is 4. The fourth-order valence-corrected chi connectivity index (χ4v) is 2.39. The van der Waals surface area contributed by atoms with Gasteiger partial charge in [-0.15, -0.1) is 0 Å². The summed E-state index contributed by atoms with van der Waals surface area (Å²) in [5.41, 5.74) is 0. The fraction of sp³-hybridized carbons (Fsp3) is 0.375. The number of pyridine rings is 1. The van der Waals surface area contributed by atoms with Gasteiger partial charge in [-0.2, -0.15) is 0 Å². The summed E-state index contributed by atoms with van der Waals surface area (Å²) < 4.78 is 0. The van der Waals surface area contributed by atoms with Crippen LogP contribution in [-0.2, 0) is 0 Å². The van der Waals surface area contributed by atoms with E-state index in [1.165, 1.54) is 0 Å². The average molecular weight is 201 g/mol. The first-order valence-electron chi connectivity index (χ1n) is 3.68. The molecule has 4 heteroatoms. The van der Waals surface area contributed by atoms with Crippen molar-refractivity contribution in [1.82, 2.24) is 4.98 Å². The highest BCUT2D eigenvalue weighted by molar-refractivity contribution is 8.76. The van der Waals surface area contributed by atoms with Gasteiger partial charge < -0.3 is 5.11 Å². The van der Waals surface area contributed by atoms with Crippen LogP contribution in [0.5, 0.6) is 0 Å². The van der Waals surface area contributed by atoms with Gasteiger partial charge in [0.15, 0.2) is 0 Å². The van der Waals surface area contributed by atoms with Gasteiger partial charge in [0.2, 0.25) is 0 Å². The molecule has 0 unspecified atom stereocenters. The predicted octanol–water partition coefficient (Wildman–Crippen LogP) is 2.20. The molecule has 0 aliphatic rings. The molecule has 0 aromatic carbocycles. The number of nitrogens with zero attached hydrogens (tertiary/aromatic N) is 1. The molecule has 0 amide bonds. The quantitative estimate of drug-likeness (QED) is 0.757. The lowest BCUT2D eigenvalue weighted by atomic mass is 10.5. The Morgan fingerprint density at radius 3 is 3.00 bits per heavy atom. The largest absolute Gasteiger partial charge is 0.395 e. The van der Waals surface area contributed by atoms with Crippen LogP contribution in [0.1, 0.15) is 6.92 Å². The average Bonchev–Trinajstić information content (AvgIpc) is 2.16. The Labute approximate surface area is 80.2 Å². The van der Waals surface area contributed by atoms with Crippen LogP contribution in [0.15, 0.2) is 29.4 Å². The Morgan fingerprint density at radius 2 is 2.42 bits per heavy atom. The fourth-order valence-electron chi connectivity index (χ4n) is 0.558. The molecule has 0 aliphatic heterocycles. The number of rotatable bonds is 4. The van der Waals surface area contributed by atoms with Crippen molar-refractivity contribution in [2.75, 3.05) is 6.61 Å². The summed E-state index contributed by atoms with van der Waals surface area (Å²) in [4.78, 5) is 4.15. The summed E-state index contributed by atoms with van der Waals surface area (Å²) in [5.74, 6) is 0. The van der Waals surface area contributed by atoms with Crippen molar-refractivity contribution >= 4 is 21.6 Å². The normalized spacial score (nSPS) is 12.8. The molecule has 0 spiro atoms. The van der Waals surface area contributed by atoms with E-state index in [1.54, 1.807) is 27.8 Å². The lowest BCUT2D eigenvalue weighted by molar-refractivity contribution is 0.300. The summed E-state index contributed by atoms with van der Waals surface area (Å²) >= 11 is 0. The zero-order valence-corrected chi connectivity index (χ0v) is 8.44. The first-order valence-corrected chi connectivity index (χ1v) is 5.89. The van der Waals surface area contributed by atoms with Crippen molar-refractivity contribution in [2.45, 2.75) is 17.2 Å². The van der Waals surface area contributed by atoms with Gasteiger partial charge in [-0.1, -0.05) is 23.8 Å². The van der Waals surface area contributed by atoms with Crippen molar-refractivity contribution in [1.29, 1.82) is 0 Å². The Balaban J connectivity index is 2.33. The highest BCUT2D eigenvalue weighted by atomic mass is 33.1. The second-order valence-corrected chi connectivity index (χ2v) is 5.00. The molecule has 0 bridgehead atoms. The van der Waals surface area contributed by atoms with Crippen molar-refractivity contribution in [3.8, 4) is 0 Å².